The Morgan fingerprint density at radius 2 is 2.09 bits per heavy atom. The fourth-order valence-corrected chi connectivity index (χ4v) is 3.65. The molecule has 1 amide bonds. The first-order chi connectivity index (χ1) is 11.3. The Balaban J connectivity index is 1.37. The highest BCUT2D eigenvalue weighted by Gasteiger charge is 2.32. The number of rotatable bonds is 3. The van der Waals surface area contributed by atoms with Crippen LogP contribution in [0.1, 0.15) is 23.2 Å². The van der Waals surface area contributed by atoms with Crippen LogP contribution in [0.4, 0.5) is 0 Å². The van der Waals surface area contributed by atoms with Crippen LogP contribution in [-0.2, 0) is 4.74 Å². The molecular formula is C19H22N2O2. The van der Waals surface area contributed by atoms with Gasteiger partial charge in [-0.05, 0) is 42.3 Å². The van der Waals surface area contributed by atoms with Gasteiger partial charge in [0.05, 0.1) is 12.7 Å². The van der Waals surface area contributed by atoms with Gasteiger partial charge in [-0.1, -0.05) is 30.3 Å². The Morgan fingerprint density at radius 3 is 3.00 bits per heavy atom. The zero-order valence-electron chi connectivity index (χ0n) is 13.2. The second-order valence-corrected chi connectivity index (χ2v) is 6.52. The van der Waals surface area contributed by atoms with Gasteiger partial charge in [-0.3, -0.25) is 9.69 Å². The number of benzene rings is 2. The van der Waals surface area contributed by atoms with Gasteiger partial charge in [0.1, 0.15) is 0 Å². The van der Waals surface area contributed by atoms with Gasteiger partial charge in [-0.25, -0.2) is 0 Å². The first-order valence-electron chi connectivity index (χ1n) is 8.42. The number of morpholine rings is 1. The minimum Gasteiger partial charge on any atom is -0.373 e. The van der Waals surface area contributed by atoms with Gasteiger partial charge >= 0.3 is 0 Å². The van der Waals surface area contributed by atoms with Gasteiger partial charge in [-0.15, -0.1) is 0 Å². The van der Waals surface area contributed by atoms with Crippen LogP contribution >= 0.6 is 0 Å². The molecule has 0 spiro atoms. The third-order valence-electron chi connectivity index (χ3n) is 4.96. The van der Waals surface area contributed by atoms with Crippen LogP contribution in [0.15, 0.2) is 42.5 Å². The van der Waals surface area contributed by atoms with E-state index in [1.807, 2.05) is 36.4 Å². The average Bonchev–Trinajstić information content (AvgIpc) is 3.07. The van der Waals surface area contributed by atoms with Crippen molar-refractivity contribution in [2.75, 3.05) is 26.2 Å². The maximum atomic E-state index is 12.4. The Bertz CT molecular complexity index is 715. The number of nitrogens with one attached hydrogen (secondary N) is 1. The highest BCUT2D eigenvalue weighted by atomic mass is 16.5. The van der Waals surface area contributed by atoms with Crippen LogP contribution in [0.5, 0.6) is 0 Å². The van der Waals surface area contributed by atoms with Crippen LogP contribution in [0.2, 0.25) is 0 Å². The van der Waals surface area contributed by atoms with Gasteiger partial charge in [-0.2, -0.15) is 0 Å². The molecule has 0 aromatic heterocycles. The van der Waals surface area contributed by atoms with E-state index in [0.29, 0.717) is 18.2 Å². The first-order valence-corrected chi connectivity index (χ1v) is 8.42. The van der Waals surface area contributed by atoms with E-state index in [2.05, 4.69) is 16.3 Å². The monoisotopic (exact) mass is 310 g/mol. The molecule has 120 valence electrons. The maximum absolute atomic E-state index is 12.4. The van der Waals surface area contributed by atoms with E-state index in [-0.39, 0.29) is 12.0 Å². The number of nitrogens with zero attached hydrogens (tertiary/aromatic N) is 1. The van der Waals surface area contributed by atoms with Crippen molar-refractivity contribution in [3.8, 4) is 0 Å². The van der Waals surface area contributed by atoms with E-state index < -0.39 is 0 Å². The number of hydrogen-bond acceptors (Lipinski definition) is 3. The third kappa shape index (κ3) is 3.09. The molecule has 1 N–H and O–H groups in total. The molecule has 2 atom stereocenters. The molecule has 4 nitrogen and oxygen atoms in total. The highest BCUT2D eigenvalue weighted by molar-refractivity contribution is 5.98. The van der Waals surface area contributed by atoms with E-state index in [4.69, 9.17) is 4.74 Å². The molecule has 0 radical (unpaired) electrons. The summed E-state index contributed by atoms with van der Waals surface area (Å²) >= 11 is 0. The van der Waals surface area contributed by atoms with E-state index in [1.54, 1.807) is 0 Å². The first kappa shape index (κ1) is 14.7. The number of ether oxygens (including phenoxy) is 1. The molecular weight excluding hydrogens is 288 g/mol. The zero-order valence-corrected chi connectivity index (χ0v) is 13.2. The smallest absolute Gasteiger partial charge is 0.251 e. The molecule has 2 saturated heterocycles. The number of fused-ring (bicyclic) bond motifs is 2. The molecule has 0 saturated carbocycles. The van der Waals surface area contributed by atoms with Crippen molar-refractivity contribution < 1.29 is 9.53 Å². The van der Waals surface area contributed by atoms with E-state index in [1.165, 1.54) is 19.4 Å². The molecule has 2 aromatic carbocycles. The van der Waals surface area contributed by atoms with Gasteiger partial charge in [0.15, 0.2) is 0 Å². The van der Waals surface area contributed by atoms with Crippen LogP contribution in [0.25, 0.3) is 10.8 Å². The lowest BCUT2D eigenvalue weighted by atomic mass is 10.1. The summed E-state index contributed by atoms with van der Waals surface area (Å²) in [7, 11) is 0. The van der Waals surface area contributed by atoms with Crippen molar-refractivity contribution in [3.63, 3.8) is 0 Å². The molecule has 2 aliphatic rings. The van der Waals surface area contributed by atoms with Gasteiger partial charge < -0.3 is 10.1 Å². The summed E-state index contributed by atoms with van der Waals surface area (Å²) in [5.41, 5.74) is 0.707. The van der Waals surface area contributed by atoms with E-state index in [0.717, 1.165) is 23.9 Å². The molecule has 4 rings (SSSR count). The molecule has 0 bridgehead atoms. The molecule has 2 aromatic rings. The van der Waals surface area contributed by atoms with Gasteiger partial charge in [0.25, 0.3) is 5.91 Å². The van der Waals surface area contributed by atoms with Crippen molar-refractivity contribution in [3.05, 3.63) is 48.0 Å². The standard InChI is InChI=1S/C19H22N2O2/c22-19(16-8-7-14-4-1-2-5-15(14)10-16)20-11-18-12-21-9-3-6-17(21)13-23-18/h1-2,4-5,7-8,10,17-18H,3,6,9,11-13H2,(H,20,22)/t17-,18+/m0/s1. The fraction of sp³-hybridized carbons (Fsp3) is 0.421. The normalized spacial score (nSPS) is 24.5. The van der Waals surface area contributed by atoms with Crippen LogP contribution in [0, 0.1) is 0 Å². The third-order valence-corrected chi connectivity index (χ3v) is 4.96. The molecule has 2 heterocycles. The summed E-state index contributed by atoms with van der Waals surface area (Å²) in [6, 6.07) is 14.5. The Morgan fingerprint density at radius 1 is 1.22 bits per heavy atom. The summed E-state index contributed by atoms with van der Waals surface area (Å²) in [6.45, 7) is 3.48. The predicted octanol–water partition coefficient (Wildman–Crippen LogP) is 2.43. The minimum atomic E-state index is -0.0251. The summed E-state index contributed by atoms with van der Waals surface area (Å²) in [6.07, 6.45) is 2.62. The zero-order chi connectivity index (χ0) is 15.6. The second kappa shape index (κ2) is 6.30. The molecule has 2 fully saturated rings. The van der Waals surface area contributed by atoms with Crippen LogP contribution in [0.3, 0.4) is 0 Å². The Labute approximate surface area is 136 Å². The number of carbonyl (C=O) groups is 1. The van der Waals surface area contributed by atoms with Crippen molar-refractivity contribution in [2.45, 2.75) is 25.0 Å². The predicted molar refractivity (Wildman–Crippen MR) is 90.6 cm³/mol. The molecule has 0 aliphatic carbocycles. The van der Waals surface area contributed by atoms with E-state index >= 15 is 0 Å². The number of hydrogen-bond donors (Lipinski definition) is 1. The lowest BCUT2D eigenvalue weighted by Crippen LogP contribution is -2.50. The minimum absolute atomic E-state index is 0.0251. The number of amides is 1. The SMILES string of the molecule is O=C(NC[C@@H]1CN2CCC[C@H]2CO1)c1ccc2ccccc2c1. The second-order valence-electron chi connectivity index (χ2n) is 6.52. The summed E-state index contributed by atoms with van der Waals surface area (Å²) in [4.78, 5) is 14.9. The van der Waals surface area contributed by atoms with Gasteiger partial charge in [0, 0.05) is 24.7 Å². The van der Waals surface area contributed by atoms with Gasteiger partial charge in [0.2, 0.25) is 0 Å². The average molecular weight is 310 g/mol. The molecule has 0 unspecified atom stereocenters. The van der Waals surface area contributed by atoms with Crippen molar-refractivity contribution in [2.24, 2.45) is 0 Å². The lowest BCUT2D eigenvalue weighted by Gasteiger charge is -2.35. The van der Waals surface area contributed by atoms with E-state index in [9.17, 15) is 4.79 Å². The van der Waals surface area contributed by atoms with Crippen LogP contribution in [-0.4, -0.2) is 49.2 Å². The van der Waals surface area contributed by atoms with Crippen molar-refractivity contribution in [1.82, 2.24) is 10.2 Å². The van der Waals surface area contributed by atoms with Crippen molar-refractivity contribution >= 4 is 16.7 Å². The molecule has 23 heavy (non-hydrogen) atoms. The summed E-state index contributed by atoms with van der Waals surface area (Å²) in [5.74, 6) is -0.0251. The fourth-order valence-electron chi connectivity index (χ4n) is 3.65. The highest BCUT2D eigenvalue weighted by Crippen LogP contribution is 2.22. The maximum Gasteiger partial charge on any atom is 0.251 e. The number of carbonyl (C=O) groups excluding carboxylic acids is 1. The molecule has 4 heteroatoms. The Kier molecular flexibility index (Phi) is 4.02. The van der Waals surface area contributed by atoms with Crippen LogP contribution < -0.4 is 5.32 Å². The summed E-state index contributed by atoms with van der Waals surface area (Å²) < 4.78 is 5.89. The largest absolute Gasteiger partial charge is 0.373 e. The summed E-state index contributed by atoms with van der Waals surface area (Å²) in [5, 5.41) is 5.27. The quantitative estimate of drug-likeness (QED) is 0.947. The Hall–Kier alpha value is -1.91. The molecule has 2 aliphatic heterocycles. The van der Waals surface area contributed by atoms with Crippen molar-refractivity contribution in [1.29, 1.82) is 0 Å². The topological polar surface area (TPSA) is 41.6 Å². The lowest BCUT2D eigenvalue weighted by molar-refractivity contribution is -0.0461.